The lowest BCUT2D eigenvalue weighted by Crippen LogP contribution is -2.40. The summed E-state index contributed by atoms with van der Waals surface area (Å²) in [7, 11) is -3.70. The van der Waals surface area contributed by atoms with Crippen LogP contribution in [0.2, 0.25) is 0 Å². The molecule has 6 nitrogen and oxygen atoms in total. The molecule has 0 saturated carbocycles. The van der Waals surface area contributed by atoms with Crippen LogP contribution in [-0.4, -0.2) is 44.8 Å². The Morgan fingerprint density at radius 1 is 0.912 bits per heavy atom. The highest BCUT2D eigenvalue weighted by atomic mass is 32.2. The monoisotopic (exact) mass is 483 g/mol. The minimum absolute atomic E-state index is 0.180. The van der Waals surface area contributed by atoms with E-state index in [2.05, 4.69) is 24.1 Å². The smallest absolute Gasteiger partial charge is 0.251 e. The number of rotatable bonds is 6. The predicted octanol–water partition coefficient (Wildman–Crippen LogP) is 4.83. The van der Waals surface area contributed by atoms with E-state index >= 15 is 0 Å². The summed E-state index contributed by atoms with van der Waals surface area (Å²) >= 11 is 0. The number of piperidine rings is 2. The van der Waals surface area contributed by atoms with E-state index in [0.717, 1.165) is 50.0 Å². The lowest BCUT2D eigenvalue weighted by molar-refractivity contribution is 0.0939. The van der Waals surface area contributed by atoms with Crippen LogP contribution >= 0.6 is 0 Å². The number of nitrogens with one attached hydrogen (secondary N) is 1. The quantitative estimate of drug-likeness (QED) is 0.639. The summed E-state index contributed by atoms with van der Waals surface area (Å²) in [5.41, 5.74) is 2.10. The molecule has 0 bridgehead atoms. The Hall–Kier alpha value is -2.38. The molecule has 0 unspecified atom stereocenters. The molecule has 1 amide bonds. The van der Waals surface area contributed by atoms with Crippen LogP contribution in [-0.2, 0) is 10.0 Å². The molecule has 2 aliphatic heterocycles. The summed E-state index contributed by atoms with van der Waals surface area (Å²) < 4.78 is 29.2. The maximum absolute atomic E-state index is 13.8. The molecular weight excluding hydrogens is 446 g/mol. The molecule has 34 heavy (non-hydrogen) atoms. The summed E-state index contributed by atoms with van der Waals surface area (Å²) in [5.74, 6) is 0.911. The molecule has 0 aromatic heterocycles. The molecule has 0 spiro atoms. The van der Waals surface area contributed by atoms with Crippen molar-refractivity contribution in [1.82, 2.24) is 9.62 Å². The van der Waals surface area contributed by atoms with Crippen molar-refractivity contribution in [3.05, 3.63) is 59.7 Å². The maximum Gasteiger partial charge on any atom is 0.251 e. The third kappa shape index (κ3) is 5.47. The average molecular weight is 484 g/mol. The van der Waals surface area contributed by atoms with Crippen molar-refractivity contribution in [3.8, 4) is 0 Å². The van der Waals surface area contributed by atoms with Crippen LogP contribution in [0.4, 0.5) is 5.69 Å². The van der Waals surface area contributed by atoms with Gasteiger partial charge in [0.2, 0.25) is 10.0 Å². The van der Waals surface area contributed by atoms with Crippen LogP contribution < -0.4 is 10.2 Å². The topological polar surface area (TPSA) is 69.7 Å². The molecular formula is C27H37N3O3S. The Labute approximate surface area is 204 Å². The second-order valence-corrected chi connectivity index (χ2v) is 12.0. The van der Waals surface area contributed by atoms with Gasteiger partial charge in [0.25, 0.3) is 5.91 Å². The van der Waals surface area contributed by atoms with E-state index in [1.54, 1.807) is 16.4 Å². The second-order valence-electron chi connectivity index (χ2n) is 10.0. The zero-order chi connectivity index (χ0) is 24.3. The van der Waals surface area contributed by atoms with Crippen LogP contribution in [0.3, 0.4) is 0 Å². The SMILES string of the molecule is CC1CCN(c2ccc(C(=O)N[C@H](C)c3ccccc3)cc2S(=O)(=O)N2CCC(C)CC2)CC1. The standard InChI is InChI=1S/C27H37N3O3S/c1-20-11-15-29(16-12-20)25-10-9-24(27(31)28-22(3)23-7-5-4-6-8-23)19-26(25)34(32,33)30-17-13-21(2)14-18-30/h4-10,19-22H,11-18H2,1-3H3,(H,28,31)/t22-/m1/s1. The van der Waals surface area contributed by atoms with Crippen molar-refractivity contribution in [2.45, 2.75) is 57.4 Å². The van der Waals surface area contributed by atoms with Crippen LogP contribution in [0.15, 0.2) is 53.4 Å². The van der Waals surface area contributed by atoms with Crippen molar-refractivity contribution < 1.29 is 13.2 Å². The highest BCUT2D eigenvalue weighted by Crippen LogP contribution is 2.34. The van der Waals surface area contributed by atoms with Gasteiger partial charge >= 0.3 is 0 Å². The number of anilines is 1. The van der Waals surface area contributed by atoms with Gasteiger partial charge < -0.3 is 10.2 Å². The van der Waals surface area contributed by atoms with Gasteiger partial charge in [-0.3, -0.25) is 4.79 Å². The summed E-state index contributed by atoms with van der Waals surface area (Å²) in [6.45, 7) is 9.06. The third-order valence-electron chi connectivity index (χ3n) is 7.35. The molecule has 4 rings (SSSR count). The fourth-order valence-electron chi connectivity index (χ4n) is 4.84. The van der Waals surface area contributed by atoms with Crippen molar-refractivity contribution in [1.29, 1.82) is 0 Å². The number of carbonyl (C=O) groups is 1. The molecule has 2 aromatic rings. The molecule has 2 aromatic carbocycles. The second kappa shape index (κ2) is 10.5. The Balaban J connectivity index is 1.65. The third-order valence-corrected chi connectivity index (χ3v) is 9.28. The molecule has 2 saturated heterocycles. The zero-order valence-electron chi connectivity index (χ0n) is 20.5. The van der Waals surface area contributed by atoms with E-state index < -0.39 is 10.0 Å². The first-order valence-electron chi connectivity index (χ1n) is 12.5. The average Bonchev–Trinajstić information content (AvgIpc) is 2.85. The largest absolute Gasteiger partial charge is 0.370 e. The van der Waals surface area contributed by atoms with Gasteiger partial charge in [-0.15, -0.1) is 0 Å². The molecule has 2 heterocycles. The lowest BCUT2D eigenvalue weighted by atomic mass is 9.98. The van der Waals surface area contributed by atoms with Crippen molar-refractivity contribution in [2.24, 2.45) is 11.8 Å². The number of hydrogen-bond acceptors (Lipinski definition) is 4. The van der Waals surface area contributed by atoms with Gasteiger partial charge in [-0.2, -0.15) is 4.31 Å². The minimum atomic E-state index is -3.70. The highest BCUT2D eigenvalue weighted by molar-refractivity contribution is 7.89. The Bertz CT molecular complexity index is 1090. The zero-order valence-corrected chi connectivity index (χ0v) is 21.4. The van der Waals surface area contributed by atoms with Crippen LogP contribution in [0, 0.1) is 11.8 Å². The van der Waals surface area contributed by atoms with Crippen molar-refractivity contribution in [3.63, 3.8) is 0 Å². The number of hydrogen-bond donors (Lipinski definition) is 1. The van der Waals surface area contributed by atoms with Gasteiger partial charge in [0.1, 0.15) is 4.90 Å². The van der Waals surface area contributed by atoms with Gasteiger partial charge in [-0.1, -0.05) is 44.2 Å². The maximum atomic E-state index is 13.8. The van der Waals surface area contributed by atoms with Gasteiger partial charge in [0, 0.05) is 31.7 Å². The van der Waals surface area contributed by atoms with Gasteiger partial charge in [0.05, 0.1) is 11.7 Å². The summed E-state index contributed by atoms with van der Waals surface area (Å²) in [4.78, 5) is 15.6. The van der Waals surface area contributed by atoms with Crippen LogP contribution in [0.25, 0.3) is 0 Å². The van der Waals surface area contributed by atoms with Crippen LogP contribution in [0.5, 0.6) is 0 Å². The first kappa shape index (κ1) is 24.7. The number of sulfonamides is 1. The minimum Gasteiger partial charge on any atom is -0.370 e. The molecule has 0 aliphatic carbocycles. The fraction of sp³-hybridized carbons (Fsp3) is 0.519. The molecule has 2 aliphatic rings. The highest BCUT2D eigenvalue weighted by Gasteiger charge is 2.32. The van der Waals surface area contributed by atoms with Crippen molar-refractivity contribution >= 4 is 21.6 Å². The molecule has 1 N–H and O–H groups in total. The normalized spacial score (nSPS) is 19.7. The van der Waals surface area contributed by atoms with E-state index in [9.17, 15) is 13.2 Å². The van der Waals surface area contributed by atoms with Crippen molar-refractivity contribution in [2.75, 3.05) is 31.1 Å². The van der Waals surface area contributed by atoms with E-state index in [1.165, 1.54) is 0 Å². The molecule has 7 heteroatoms. The first-order valence-corrected chi connectivity index (χ1v) is 13.9. The Morgan fingerprint density at radius 3 is 2.12 bits per heavy atom. The Morgan fingerprint density at radius 2 is 1.50 bits per heavy atom. The summed E-state index contributed by atoms with van der Waals surface area (Å²) in [6.07, 6.45) is 3.81. The Kier molecular flexibility index (Phi) is 7.63. The van der Waals surface area contributed by atoms with E-state index in [-0.39, 0.29) is 16.8 Å². The lowest BCUT2D eigenvalue weighted by Gasteiger charge is -2.35. The number of amides is 1. The number of carbonyl (C=O) groups excluding carboxylic acids is 1. The van der Waals surface area contributed by atoms with Gasteiger partial charge in [-0.05, 0) is 68.2 Å². The summed E-state index contributed by atoms with van der Waals surface area (Å²) in [5, 5.41) is 3.02. The molecule has 184 valence electrons. The van der Waals surface area contributed by atoms with E-state index in [1.807, 2.05) is 43.3 Å². The van der Waals surface area contributed by atoms with Gasteiger partial charge in [0.15, 0.2) is 0 Å². The number of benzene rings is 2. The van der Waals surface area contributed by atoms with E-state index in [4.69, 9.17) is 0 Å². The van der Waals surface area contributed by atoms with E-state index in [0.29, 0.717) is 30.5 Å². The number of nitrogens with zero attached hydrogens (tertiary/aromatic N) is 2. The first-order chi connectivity index (χ1) is 16.3. The molecule has 1 atom stereocenters. The summed E-state index contributed by atoms with van der Waals surface area (Å²) in [6, 6.07) is 14.8. The molecule has 0 radical (unpaired) electrons. The fourth-order valence-corrected chi connectivity index (χ4v) is 6.55. The predicted molar refractivity (Wildman–Crippen MR) is 137 cm³/mol. The molecule has 2 fully saturated rings. The van der Waals surface area contributed by atoms with Gasteiger partial charge in [-0.25, -0.2) is 8.42 Å². The van der Waals surface area contributed by atoms with Crippen LogP contribution in [0.1, 0.15) is 68.4 Å².